The van der Waals surface area contributed by atoms with Crippen molar-refractivity contribution in [1.82, 2.24) is 0 Å². The summed E-state index contributed by atoms with van der Waals surface area (Å²) in [7, 11) is 0. The maximum absolute atomic E-state index is 11.5. The Kier molecular flexibility index (Phi) is 5.07. The molecule has 0 atom stereocenters. The van der Waals surface area contributed by atoms with Crippen LogP contribution in [0.4, 0.5) is 5.69 Å². The molecule has 0 aromatic heterocycles. The first-order valence-electron chi connectivity index (χ1n) is 6.46. The van der Waals surface area contributed by atoms with Crippen molar-refractivity contribution < 1.29 is 9.53 Å². The minimum atomic E-state index is -0.249. The molecule has 0 unspecified atom stereocenters. The van der Waals surface area contributed by atoms with Gasteiger partial charge in [-0.25, -0.2) is 0 Å². The predicted molar refractivity (Wildman–Crippen MR) is 81.8 cm³/mol. The van der Waals surface area contributed by atoms with Crippen LogP contribution < -0.4 is 5.73 Å². The van der Waals surface area contributed by atoms with Crippen molar-refractivity contribution in [3.05, 3.63) is 54.1 Å². The molecule has 20 heavy (non-hydrogen) atoms. The fourth-order valence-electron chi connectivity index (χ4n) is 1.82. The van der Waals surface area contributed by atoms with Gasteiger partial charge in [-0.2, -0.15) is 0 Å². The third-order valence-corrected chi connectivity index (χ3v) is 3.85. The number of hydrogen-bond acceptors (Lipinski definition) is 4. The Morgan fingerprint density at radius 3 is 2.60 bits per heavy atom. The molecule has 0 radical (unpaired) electrons. The van der Waals surface area contributed by atoms with E-state index in [1.807, 2.05) is 48.5 Å². The van der Waals surface area contributed by atoms with Gasteiger partial charge in [-0.05, 0) is 30.7 Å². The minimum Gasteiger partial charge on any atom is -0.466 e. The molecule has 0 fully saturated rings. The van der Waals surface area contributed by atoms with Crippen molar-refractivity contribution >= 4 is 23.4 Å². The molecule has 0 saturated carbocycles. The number of nitrogens with two attached hydrogens (primary N) is 1. The summed E-state index contributed by atoms with van der Waals surface area (Å²) in [4.78, 5) is 13.6. The lowest BCUT2D eigenvalue weighted by molar-refractivity contribution is -0.142. The summed E-state index contributed by atoms with van der Waals surface area (Å²) in [5, 5.41) is 0. The number of carbonyl (C=O) groups is 1. The highest BCUT2D eigenvalue weighted by molar-refractivity contribution is 7.99. The summed E-state index contributed by atoms with van der Waals surface area (Å²) in [6, 6.07) is 15.7. The zero-order valence-electron chi connectivity index (χ0n) is 11.3. The van der Waals surface area contributed by atoms with Gasteiger partial charge in [0.15, 0.2) is 0 Å². The Hall–Kier alpha value is -1.94. The standard InChI is InChI=1S/C16H17NO2S/c1-2-19-15(18)11-12-7-6-10-14(16(12)17)20-13-8-4-3-5-9-13/h3-10H,2,11,17H2,1H3. The van der Waals surface area contributed by atoms with Crippen LogP contribution in [0.1, 0.15) is 12.5 Å². The molecule has 0 saturated heterocycles. The van der Waals surface area contributed by atoms with Crippen LogP contribution in [0.5, 0.6) is 0 Å². The second-order valence-corrected chi connectivity index (χ2v) is 5.34. The number of ether oxygens (including phenoxy) is 1. The van der Waals surface area contributed by atoms with Crippen molar-refractivity contribution in [2.24, 2.45) is 0 Å². The van der Waals surface area contributed by atoms with Crippen LogP contribution >= 0.6 is 11.8 Å². The molecule has 0 aliphatic heterocycles. The van der Waals surface area contributed by atoms with Crippen LogP contribution in [0.15, 0.2) is 58.3 Å². The second-order valence-electron chi connectivity index (χ2n) is 4.23. The number of hydrogen-bond donors (Lipinski definition) is 1. The lowest BCUT2D eigenvalue weighted by atomic mass is 10.1. The molecule has 4 heteroatoms. The van der Waals surface area contributed by atoms with Crippen molar-refractivity contribution in [3.63, 3.8) is 0 Å². The largest absolute Gasteiger partial charge is 0.466 e. The zero-order valence-corrected chi connectivity index (χ0v) is 12.2. The molecule has 2 N–H and O–H groups in total. The van der Waals surface area contributed by atoms with Gasteiger partial charge in [-0.15, -0.1) is 0 Å². The number of carbonyl (C=O) groups excluding carboxylic acids is 1. The summed E-state index contributed by atoms with van der Waals surface area (Å²) in [6.07, 6.45) is 0.211. The van der Waals surface area contributed by atoms with Crippen LogP contribution in [-0.4, -0.2) is 12.6 Å². The first-order valence-corrected chi connectivity index (χ1v) is 7.28. The molecular weight excluding hydrogens is 270 g/mol. The number of para-hydroxylation sites is 1. The number of nitrogen functional groups attached to an aromatic ring is 1. The molecule has 0 aliphatic carbocycles. The summed E-state index contributed by atoms with van der Waals surface area (Å²) in [5.41, 5.74) is 7.60. The van der Waals surface area contributed by atoms with Gasteiger partial charge in [0, 0.05) is 15.5 Å². The monoisotopic (exact) mass is 287 g/mol. The quantitative estimate of drug-likeness (QED) is 0.675. The number of benzene rings is 2. The van der Waals surface area contributed by atoms with Crippen LogP contribution in [0, 0.1) is 0 Å². The van der Waals surface area contributed by atoms with E-state index < -0.39 is 0 Å². The summed E-state index contributed by atoms with van der Waals surface area (Å²) < 4.78 is 4.96. The average molecular weight is 287 g/mol. The fraction of sp³-hybridized carbons (Fsp3) is 0.188. The van der Waals surface area contributed by atoms with Gasteiger partial charge in [-0.1, -0.05) is 42.1 Å². The highest BCUT2D eigenvalue weighted by Crippen LogP contribution is 2.33. The molecule has 3 nitrogen and oxygen atoms in total. The fourth-order valence-corrected chi connectivity index (χ4v) is 2.75. The summed E-state index contributed by atoms with van der Waals surface area (Å²) in [6.45, 7) is 2.18. The second kappa shape index (κ2) is 7.01. The van der Waals surface area contributed by atoms with E-state index in [1.165, 1.54) is 0 Å². The Bertz CT molecular complexity index is 584. The van der Waals surface area contributed by atoms with E-state index in [9.17, 15) is 4.79 Å². The van der Waals surface area contributed by atoms with Crippen molar-refractivity contribution in [2.75, 3.05) is 12.3 Å². The average Bonchev–Trinajstić information content (AvgIpc) is 2.45. The van der Waals surface area contributed by atoms with E-state index >= 15 is 0 Å². The smallest absolute Gasteiger partial charge is 0.310 e. The molecule has 0 amide bonds. The normalized spacial score (nSPS) is 10.2. The predicted octanol–water partition coefficient (Wildman–Crippen LogP) is 3.53. The first kappa shape index (κ1) is 14.5. The molecule has 0 bridgehead atoms. The maximum Gasteiger partial charge on any atom is 0.310 e. The van der Waals surface area contributed by atoms with Gasteiger partial charge in [0.05, 0.1) is 13.0 Å². The van der Waals surface area contributed by atoms with Gasteiger partial charge in [-0.3, -0.25) is 4.79 Å². The van der Waals surface area contributed by atoms with Gasteiger partial charge >= 0.3 is 5.97 Å². The topological polar surface area (TPSA) is 52.3 Å². The molecule has 104 valence electrons. The van der Waals surface area contributed by atoms with Gasteiger partial charge < -0.3 is 10.5 Å². The Balaban J connectivity index is 2.17. The molecule has 2 rings (SSSR count). The van der Waals surface area contributed by atoms with Gasteiger partial charge in [0.2, 0.25) is 0 Å². The third-order valence-electron chi connectivity index (χ3n) is 2.77. The van der Waals surface area contributed by atoms with E-state index in [2.05, 4.69) is 0 Å². The molecule has 0 heterocycles. The highest BCUT2D eigenvalue weighted by Gasteiger charge is 2.10. The van der Waals surface area contributed by atoms with Crippen molar-refractivity contribution in [3.8, 4) is 0 Å². The maximum atomic E-state index is 11.5. The van der Waals surface area contributed by atoms with Crippen molar-refractivity contribution in [2.45, 2.75) is 23.1 Å². The molecule has 2 aromatic carbocycles. The SMILES string of the molecule is CCOC(=O)Cc1cccc(Sc2ccccc2)c1N. The summed E-state index contributed by atoms with van der Waals surface area (Å²) >= 11 is 1.59. The first-order chi connectivity index (χ1) is 9.70. The Morgan fingerprint density at radius 1 is 1.15 bits per heavy atom. The van der Waals surface area contributed by atoms with Gasteiger partial charge in [0.1, 0.15) is 0 Å². The summed E-state index contributed by atoms with van der Waals surface area (Å²) in [5.74, 6) is -0.249. The van der Waals surface area contributed by atoms with Crippen LogP contribution in [-0.2, 0) is 16.0 Å². The number of esters is 1. The minimum absolute atomic E-state index is 0.211. The molecular formula is C16H17NO2S. The lowest BCUT2D eigenvalue weighted by Gasteiger charge is -2.10. The Labute approximate surface area is 123 Å². The number of anilines is 1. The number of rotatable bonds is 5. The zero-order chi connectivity index (χ0) is 14.4. The highest BCUT2D eigenvalue weighted by atomic mass is 32.2. The molecule has 2 aromatic rings. The van der Waals surface area contributed by atoms with E-state index in [0.717, 1.165) is 15.4 Å². The Morgan fingerprint density at radius 2 is 1.90 bits per heavy atom. The third kappa shape index (κ3) is 3.78. The van der Waals surface area contributed by atoms with E-state index in [4.69, 9.17) is 10.5 Å². The van der Waals surface area contributed by atoms with E-state index in [0.29, 0.717) is 12.3 Å². The molecule has 0 spiro atoms. The van der Waals surface area contributed by atoms with Crippen LogP contribution in [0.2, 0.25) is 0 Å². The van der Waals surface area contributed by atoms with Crippen molar-refractivity contribution in [1.29, 1.82) is 0 Å². The van der Waals surface area contributed by atoms with Crippen LogP contribution in [0.3, 0.4) is 0 Å². The van der Waals surface area contributed by atoms with Gasteiger partial charge in [0.25, 0.3) is 0 Å². The molecule has 0 aliphatic rings. The lowest BCUT2D eigenvalue weighted by Crippen LogP contribution is -2.09. The van der Waals surface area contributed by atoms with Crippen LogP contribution in [0.25, 0.3) is 0 Å². The van der Waals surface area contributed by atoms with E-state index in [-0.39, 0.29) is 12.4 Å². The van der Waals surface area contributed by atoms with E-state index in [1.54, 1.807) is 18.7 Å².